The van der Waals surface area contributed by atoms with Crippen molar-refractivity contribution in [3.05, 3.63) is 49.4 Å². The number of amidine groups is 1. The standard InChI is InChI=1S/C19H32N2O/c1-7-11-14-19(22-6)20-18(10-4)21(15-8-2)16-12-13-17(5)9-3/h7,10,14H,1,4-5,8-9,11-13,15-16H2,2-3,6H3/b19-14+,20-18?. The molecule has 0 heterocycles. The summed E-state index contributed by atoms with van der Waals surface area (Å²) in [5.41, 5.74) is 1.30. The van der Waals surface area contributed by atoms with Gasteiger partial charge in [0, 0.05) is 13.1 Å². The molecule has 22 heavy (non-hydrogen) atoms. The summed E-state index contributed by atoms with van der Waals surface area (Å²) in [7, 11) is 1.63. The lowest BCUT2D eigenvalue weighted by Crippen LogP contribution is -2.31. The van der Waals surface area contributed by atoms with Gasteiger partial charge in [-0.05, 0) is 44.3 Å². The Morgan fingerprint density at radius 2 is 1.95 bits per heavy atom. The van der Waals surface area contributed by atoms with Crippen molar-refractivity contribution in [2.75, 3.05) is 20.2 Å². The summed E-state index contributed by atoms with van der Waals surface area (Å²) in [4.78, 5) is 6.84. The average Bonchev–Trinajstić information content (AvgIpc) is 2.54. The van der Waals surface area contributed by atoms with Gasteiger partial charge in [-0.1, -0.05) is 38.7 Å². The van der Waals surface area contributed by atoms with Crippen molar-refractivity contribution in [1.82, 2.24) is 4.90 Å². The maximum absolute atomic E-state index is 5.31. The maximum atomic E-state index is 5.31. The minimum atomic E-state index is 0.605. The van der Waals surface area contributed by atoms with Crippen molar-refractivity contribution in [2.24, 2.45) is 4.99 Å². The second kappa shape index (κ2) is 12.9. The fraction of sp³-hybridized carbons (Fsp3) is 0.526. The van der Waals surface area contributed by atoms with E-state index in [1.165, 1.54) is 5.57 Å². The van der Waals surface area contributed by atoms with Gasteiger partial charge in [0.15, 0.2) is 0 Å². The zero-order chi connectivity index (χ0) is 16.8. The molecule has 0 saturated carbocycles. The van der Waals surface area contributed by atoms with Crippen LogP contribution in [0.3, 0.4) is 0 Å². The lowest BCUT2D eigenvalue weighted by molar-refractivity contribution is 0.285. The molecular formula is C19H32N2O. The second-order valence-corrected chi connectivity index (χ2v) is 5.14. The van der Waals surface area contributed by atoms with E-state index in [2.05, 4.69) is 43.5 Å². The molecule has 0 aromatic rings. The number of methoxy groups -OCH3 is 1. The summed E-state index contributed by atoms with van der Waals surface area (Å²) < 4.78 is 5.31. The van der Waals surface area contributed by atoms with Gasteiger partial charge in [0.1, 0.15) is 5.84 Å². The SMILES string of the molecule is C=CC/C=C(\N=C(C=C)N(CCC)CCCC(=C)CC)OC. The average molecular weight is 304 g/mol. The second-order valence-electron chi connectivity index (χ2n) is 5.14. The summed E-state index contributed by atoms with van der Waals surface area (Å²) >= 11 is 0. The molecule has 0 bridgehead atoms. The van der Waals surface area contributed by atoms with E-state index in [1.807, 2.05) is 12.2 Å². The van der Waals surface area contributed by atoms with E-state index in [4.69, 9.17) is 4.74 Å². The van der Waals surface area contributed by atoms with Crippen LogP contribution in [-0.4, -0.2) is 30.9 Å². The van der Waals surface area contributed by atoms with Gasteiger partial charge >= 0.3 is 0 Å². The van der Waals surface area contributed by atoms with Crippen LogP contribution in [0.15, 0.2) is 54.4 Å². The van der Waals surface area contributed by atoms with E-state index in [0.29, 0.717) is 5.88 Å². The number of hydrogen-bond donors (Lipinski definition) is 0. The predicted octanol–water partition coefficient (Wildman–Crippen LogP) is 5.09. The molecule has 0 aliphatic rings. The highest BCUT2D eigenvalue weighted by molar-refractivity contribution is 5.93. The minimum Gasteiger partial charge on any atom is -0.481 e. The Kier molecular flexibility index (Phi) is 11.9. The van der Waals surface area contributed by atoms with Gasteiger partial charge in [-0.15, -0.1) is 6.58 Å². The van der Waals surface area contributed by atoms with Crippen molar-refractivity contribution in [3.63, 3.8) is 0 Å². The summed E-state index contributed by atoms with van der Waals surface area (Å²) in [5.74, 6) is 1.47. The van der Waals surface area contributed by atoms with Gasteiger partial charge in [-0.2, -0.15) is 4.99 Å². The van der Waals surface area contributed by atoms with Crippen LogP contribution in [0.1, 0.15) is 46.0 Å². The molecule has 0 spiro atoms. The third kappa shape index (κ3) is 8.50. The van der Waals surface area contributed by atoms with Gasteiger partial charge in [-0.3, -0.25) is 0 Å². The quantitative estimate of drug-likeness (QED) is 0.217. The zero-order valence-electron chi connectivity index (χ0n) is 14.6. The molecule has 0 radical (unpaired) electrons. The number of ether oxygens (including phenoxy) is 1. The molecule has 0 rings (SSSR count). The van der Waals surface area contributed by atoms with Crippen LogP contribution in [0.2, 0.25) is 0 Å². The Morgan fingerprint density at radius 3 is 2.45 bits per heavy atom. The lowest BCUT2D eigenvalue weighted by Gasteiger charge is -2.24. The molecule has 3 heteroatoms. The molecule has 0 saturated heterocycles. The molecule has 0 aromatic heterocycles. The van der Waals surface area contributed by atoms with Crippen molar-refractivity contribution >= 4 is 5.84 Å². The highest BCUT2D eigenvalue weighted by atomic mass is 16.5. The highest BCUT2D eigenvalue weighted by Crippen LogP contribution is 2.10. The van der Waals surface area contributed by atoms with Crippen LogP contribution >= 0.6 is 0 Å². The molecule has 0 unspecified atom stereocenters. The monoisotopic (exact) mass is 304 g/mol. The van der Waals surface area contributed by atoms with Crippen molar-refractivity contribution in [1.29, 1.82) is 0 Å². The van der Waals surface area contributed by atoms with Crippen molar-refractivity contribution in [2.45, 2.75) is 46.0 Å². The Bertz CT molecular complexity index is 408. The number of nitrogens with zero attached hydrogens (tertiary/aromatic N) is 2. The van der Waals surface area contributed by atoms with Crippen LogP contribution in [0, 0.1) is 0 Å². The minimum absolute atomic E-state index is 0.605. The first-order valence-electron chi connectivity index (χ1n) is 8.10. The van der Waals surface area contributed by atoms with Crippen molar-refractivity contribution < 1.29 is 4.74 Å². The molecule has 124 valence electrons. The van der Waals surface area contributed by atoms with Crippen LogP contribution in [0.25, 0.3) is 0 Å². The third-order valence-electron chi connectivity index (χ3n) is 3.35. The van der Waals surface area contributed by atoms with Gasteiger partial charge in [-0.25, -0.2) is 0 Å². The topological polar surface area (TPSA) is 24.8 Å². The first-order valence-corrected chi connectivity index (χ1v) is 8.10. The van der Waals surface area contributed by atoms with E-state index in [0.717, 1.165) is 51.0 Å². The largest absolute Gasteiger partial charge is 0.481 e. The first-order chi connectivity index (χ1) is 10.6. The molecule has 0 aliphatic heterocycles. The molecule has 0 amide bonds. The predicted molar refractivity (Wildman–Crippen MR) is 98.1 cm³/mol. The lowest BCUT2D eigenvalue weighted by atomic mass is 10.1. The Balaban J connectivity index is 4.93. The fourth-order valence-corrected chi connectivity index (χ4v) is 2.02. The van der Waals surface area contributed by atoms with Gasteiger partial charge < -0.3 is 9.64 Å². The van der Waals surface area contributed by atoms with Gasteiger partial charge in [0.2, 0.25) is 5.88 Å². The Hall–Kier alpha value is -1.77. The van der Waals surface area contributed by atoms with Crippen LogP contribution in [-0.2, 0) is 4.74 Å². The third-order valence-corrected chi connectivity index (χ3v) is 3.35. The van der Waals surface area contributed by atoms with Crippen LogP contribution in [0.4, 0.5) is 0 Å². The first kappa shape index (κ1) is 20.2. The number of rotatable bonds is 12. The molecule has 0 fully saturated rings. The van der Waals surface area contributed by atoms with Crippen molar-refractivity contribution in [3.8, 4) is 0 Å². The summed E-state index contributed by atoms with van der Waals surface area (Å²) in [6.07, 6.45) is 10.5. The van der Waals surface area contributed by atoms with Crippen LogP contribution in [0.5, 0.6) is 0 Å². The molecule has 0 aliphatic carbocycles. The Morgan fingerprint density at radius 1 is 1.23 bits per heavy atom. The summed E-state index contributed by atoms with van der Waals surface area (Å²) in [6, 6.07) is 0. The molecule has 0 atom stereocenters. The molecule has 3 nitrogen and oxygen atoms in total. The normalized spacial score (nSPS) is 12.0. The number of allylic oxidation sites excluding steroid dienone is 3. The Labute approximate surface area is 136 Å². The molecular weight excluding hydrogens is 272 g/mol. The summed E-state index contributed by atoms with van der Waals surface area (Å²) in [6.45, 7) is 17.9. The van der Waals surface area contributed by atoms with E-state index in [1.54, 1.807) is 13.2 Å². The van der Waals surface area contributed by atoms with E-state index < -0.39 is 0 Å². The van der Waals surface area contributed by atoms with Crippen LogP contribution < -0.4 is 0 Å². The highest BCUT2D eigenvalue weighted by Gasteiger charge is 2.08. The molecule has 0 aromatic carbocycles. The molecule has 0 N–H and O–H groups in total. The van der Waals surface area contributed by atoms with E-state index in [-0.39, 0.29) is 0 Å². The van der Waals surface area contributed by atoms with Gasteiger partial charge in [0.05, 0.1) is 7.11 Å². The zero-order valence-corrected chi connectivity index (χ0v) is 14.6. The number of hydrogen-bond acceptors (Lipinski definition) is 2. The fourth-order valence-electron chi connectivity index (χ4n) is 2.02. The smallest absolute Gasteiger partial charge is 0.211 e. The van der Waals surface area contributed by atoms with E-state index in [9.17, 15) is 0 Å². The van der Waals surface area contributed by atoms with E-state index >= 15 is 0 Å². The number of aliphatic imine (C=N–C) groups is 1. The maximum Gasteiger partial charge on any atom is 0.211 e. The summed E-state index contributed by atoms with van der Waals surface area (Å²) in [5, 5.41) is 0. The van der Waals surface area contributed by atoms with Gasteiger partial charge in [0.25, 0.3) is 0 Å².